The molecule has 1 atom stereocenters. The molecule has 0 saturated carbocycles. The molecule has 0 aliphatic rings. The molecule has 104 valence electrons. The third-order valence-electron chi connectivity index (χ3n) is 2.75. The number of carbonyl (C=O) groups is 2. The monoisotopic (exact) mass is 274 g/mol. The molecule has 0 bridgehead atoms. The minimum absolute atomic E-state index is 0.311. The molecule has 0 aromatic carbocycles. The van der Waals surface area contributed by atoms with E-state index in [1.165, 1.54) is 17.1 Å². The number of pyridine rings is 1. The summed E-state index contributed by atoms with van der Waals surface area (Å²) >= 11 is 0. The molecule has 7 nitrogen and oxygen atoms in total. The van der Waals surface area contributed by atoms with Crippen LogP contribution in [-0.4, -0.2) is 31.7 Å². The molecular weight excluding hydrogens is 260 g/mol. The Labute approximate surface area is 115 Å². The molecule has 1 unspecified atom stereocenters. The predicted molar refractivity (Wildman–Crippen MR) is 70.0 cm³/mol. The van der Waals surface area contributed by atoms with Crippen molar-refractivity contribution in [3.05, 3.63) is 47.5 Å². The number of aliphatic carboxylic acids is 1. The molecule has 0 aliphatic carbocycles. The third-order valence-corrected chi connectivity index (χ3v) is 2.75. The topological polar surface area (TPSA) is 97.1 Å². The number of aryl methyl sites for hydroxylation is 2. The standard InChI is InChI=1S/C13H14N4O3/c1-8-3-4-9(5-14-8)12(18)16-11(13(19)20)10-6-15-17(2)7-10/h3-7,11H,1-2H3,(H,16,18)(H,19,20). The van der Waals surface area contributed by atoms with Crippen LogP contribution in [0.3, 0.4) is 0 Å². The Kier molecular flexibility index (Phi) is 3.79. The smallest absolute Gasteiger partial charge is 0.331 e. The Balaban J connectivity index is 2.18. The van der Waals surface area contributed by atoms with Crippen LogP contribution in [0.15, 0.2) is 30.7 Å². The Morgan fingerprint density at radius 2 is 2.10 bits per heavy atom. The number of aromatic nitrogens is 3. The molecular formula is C13H14N4O3. The molecule has 0 saturated heterocycles. The summed E-state index contributed by atoms with van der Waals surface area (Å²) in [4.78, 5) is 27.3. The number of carboxylic acids is 1. The number of hydrogen-bond acceptors (Lipinski definition) is 4. The lowest BCUT2D eigenvalue weighted by Gasteiger charge is -2.12. The summed E-state index contributed by atoms with van der Waals surface area (Å²) in [6, 6.07) is 2.15. The number of nitrogens with one attached hydrogen (secondary N) is 1. The molecule has 0 fully saturated rings. The van der Waals surface area contributed by atoms with E-state index in [0.29, 0.717) is 11.1 Å². The average Bonchev–Trinajstić information content (AvgIpc) is 2.82. The van der Waals surface area contributed by atoms with Crippen molar-refractivity contribution >= 4 is 11.9 Å². The molecule has 7 heteroatoms. The Hall–Kier alpha value is -2.70. The number of nitrogens with zero attached hydrogens (tertiary/aromatic N) is 3. The van der Waals surface area contributed by atoms with Gasteiger partial charge in [-0.1, -0.05) is 0 Å². The van der Waals surface area contributed by atoms with Gasteiger partial charge in [-0.3, -0.25) is 14.5 Å². The van der Waals surface area contributed by atoms with Crippen molar-refractivity contribution in [2.45, 2.75) is 13.0 Å². The first-order valence-electron chi connectivity index (χ1n) is 5.92. The lowest BCUT2D eigenvalue weighted by Crippen LogP contribution is -2.33. The highest BCUT2D eigenvalue weighted by Crippen LogP contribution is 2.13. The fourth-order valence-electron chi connectivity index (χ4n) is 1.69. The minimum Gasteiger partial charge on any atom is -0.479 e. The number of hydrogen-bond donors (Lipinski definition) is 2. The van der Waals surface area contributed by atoms with E-state index >= 15 is 0 Å². The SMILES string of the molecule is Cc1ccc(C(=O)NC(C(=O)O)c2cnn(C)c2)cn1. The highest BCUT2D eigenvalue weighted by molar-refractivity contribution is 5.96. The van der Waals surface area contributed by atoms with E-state index in [1.807, 2.05) is 0 Å². The summed E-state index contributed by atoms with van der Waals surface area (Å²) in [5.74, 6) is -1.64. The van der Waals surface area contributed by atoms with Crippen LogP contribution in [0.1, 0.15) is 27.7 Å². The largest absolute Gasteiger partial charge is 0.479 e. The van der Waals surface area contributed by atoms with Gasteiger partial charge in [0, 0.05) is 30.7 Å². The van der Waals surface area contributed by atoms with Gasteiger partial charge in [-0.05, 0) is 19.1 Å². The van der Waals surface area contributed by atoms with E-state index in [2.05, 4.69) is 15.4 Å². The lowest BCUT2D eigenvalue weighted by molar-refractivity contribution is -0.139. The maximum Gasteiger partial charge on any atom is 0.331 e. The Morgan fingerprint density at radius 1 is 1.35 bits per heavy atom. The minimum atomic E-state index is -1.15. The molecule has 0 aliphatic heterocycles. The molecule has 2 aromatic rings. The van der Waals surface area contributed by atoms with Gasteiger partial charge < -0.3 is 10.4 Å². The zero-order chi connectivity index (χ0) is 14.7. The maximum atomic E-state index is 12.0. The average molecular weight is 274 g/mol. The van der Waals surface area contributed by atoms with Gasteiger partial charge in [0.05, 0.1) is 11.8 Å². The summed E-state index contributed by atoms with van der Waals surface area (Å²) in [6.45, 7) is 1.80. The van der Waals surface area contributed by atoms with E-state index in [0.717, 1.165) is 5.69 Å². The second-order valence-corrected chi connectivity index (χ2v) is 4.38. The van der Waals surface area contributed by atoms with E-state index < -0.39 is 17.9 Å². The van der Waals surface area contributed by atoms with Crippen molar-refractivity contribution in [3.8, 4) is 0 Å². The second-order valence-electron chi connectivity index (χ2n) is 4.38. The Bertz CT molecular complexity index is 633. The van der Waals surface area contributed by atoms with Gasteiger partial charge in [0.15, 0.2) is 6.04 Å². The third kappa shape index (κ3) is 3.00. The van der Waals surface area contributed by atoms with Crippen LogP contribution >= 0.6 is 0 Å². The van der Waals surface area contributed by atoms with Crippen molar-refractivity contribution in [2.24, 2.45) is 7.05 Å². The van der Waals surface area contributed by atoms with Crippen LogP contribution in [0, 0.1) is 6.92 Å². The summed E-state index contributed by atoms with van der Waals surface area (Å²) in [7, 11) is 1.67. The van der Waals surface area contributed by atoms with Gasteiger partial charge in [0.2, 0.25) is 0 Å². The molecule has 2 heterocycles. The van der Waals surface area contributed by atoms with Crippen molar-refractivity contribution < 1.29 is 14.7 Å². The van der Waals surface area contributed by atoms with Crippen LogP contribution in [0.4, 0.5) is 0 Å². The fourth-order valence-corrected chi connectivity index (χ4v) is 1.69. The van der Waals surface area contributed by atoms with Gasteiger partial charge in [-0.2, -0.15) is 5.10 Å². The predicted octanol–water partition coefficient (Wildman–Crippen LogP) is 0.679. The maximum absolute atomic E-state index is 12.0. The van der Waals surface area contributed by atoms with Gasteiger partial charge in [-0.25, -0.2) is 4.79 Å². The van der Waals surface area contributed by atoms with Crippen LogP contribution in [0.5, 0.6) is 0 Å². The number of rotatable bonds is 4. The van der Waals surface area contributed by atoms with Gasteiger partial charge in [-0.15, -0.1) is 0 Å². The molecule has 2 rings (SSSR count). The summed E-state index contributed by atoms with van der Waals surface area (Å²) in [5, 5.41) is 15.6. The zero-order valence-corrected chi connectivity index (χ0v) is 11.1. The van der Waals surface area contributed by atoms with E-state index in [1.54, 1.807) is 32.3 Å². The summed E-state index contributed by atoms with van der Waals surface area (Å²) < 4.78 is 1.48. The molecule has 2 N–H and O–H groups in total. The van der Waals surface area contributed by atoms with Gasteiger partial charge >= 0.3 is 5.97 Å². The Morgan fingerprint density at radius 3 is 2.60 bits per heavy atom. The molecule has 20 heavy (non-hydrogen) atoms. The van der Waals surface area contributed by atoms with Crippen LogP contribution in [0.25, 0.3) is 0 Å². The highest BCUT2D eigenvalue weighted by Gasteiger charge is 2.24. The van der Waals surface area contributed by atoms with Crippen molar-refractivity contribution in [3.63, 3.8) is 0 Å². The quantitative estimate of drug-likeness (QED) is 0.854. The normalized spacial score (nSPS) is 11.9. The van der Waals surface area contributed by atoms with Crippen LogP contribution in [-0.2, 0) is 11.8 Å². The zero-order valence-electron chi connectivity index (χ0n) is 11.1. The van der Waals surface area contributed by atoms with Crippen LogP contribution < -0.4 is 5.32 Å². The lowest BCUT2D eigenvalue weighted by atomic mass is 10.1. The van der Waals surface area contributed by atoms with Gasteiger partial charge in [0.25, 0.3) is 5.91 Å². The molecule has 2 aromatic heterocycles. The van der Waals surface area contributed by atoms with E-state index in [4.69, 9.17) is 0 Å². The number of amides is 1. The summed E-state index contributed by atoms with van der Waals surface area (Å²) in [6.07, 6.45) is 4.37. The van der Waals surface area contributed by atoms with Crippen molar-refractivity contribution in [2.75, 3.05) is 0 Å². The number of carbonyl (C=O) groups excluding carboxylic acids is 1. The van der Waals surface area contributed by atoms with Crippen LogP contribution in [0.2, 0.25) is 0 Å². The first-order valence-corrected chi connectivity index (χ1v) is 5.92. The first kappa shape index (κ1) is 13.7. The highest BCUT2D eigenvalue weighted by atomic mass is 16.4. The van der Waals surface area contributed by atoms with E-state index in [9.17, 15) is 14.7 Å². The number of carboxylic acid groups (broad SMARTS) is 1. The van der Waals surface area contributed by atoms with E-state index in [-0.39, 0.29) is 0 Å². The molecule has 0 radical (unpaired) electrons. The van der Waals surface area contributed by atoms with Crippen molar-refractivity contribution in [1.82, 2.24) is 20.1 Å². The molecule has 0 spiro atoms. The molecule has 1 amide bonds. The fraction of sp³-hybridized carbons (Fsp3) is 0.231. The second kappa shape index (κ2) is 5.52. The first-order chi connectivity index (χ1) is 9.47. The van der Waals surface area contributed by atoms with Crippen molar-refractivity contribution in [1.29, 1.82) is 0 Å². The van der Waals surface area contributed by atoms with Gasteiger partial charge in [0.1, 0.15) is 0 Å². The summed E-state index contributed by atoms with van der Waals surface area (Å²) in [5.41, 5.74) is 1.50.